The van der Waals surface area contributed by atoms with Gasteiger partial charge >= 0.3 is 0 Å². The van der Waals surface area contributed by atoms with Gasteiger partial charge in [-0.25, -0.2) is 0 Å². The standard InChI is InChI=1S/C19H20ClNO2/c20-17-9-6-15(7-10-17)8-11-19(22)21-12-13-23-18(14-21)16-4-2-1-3-5-16/h1-7,9-10,18H,8,11-14H2. The molecule has 0 saturated carbocycles. The SMILES string of the molecule is O=C(CCc1ccc(Cl)cc1)N1CCOC(c2ccccc2)C1. The molecule has 1 amide bonds. The summed E-state index contributed by atoms with van der Waals surface area (Å²) in [6.45, 7) is 1.89. The van der Waals surface area contributed by atoms with Crippen LogP contribution in [-0.4, -0.2) is 30.5 Å². The number of benzene rings is 2. The minimum absolute atomic E-state index is 0.0237. The fraction of sp³-hybridized carbons (Fsp3) is 0.316. The number of nitrogens with zero attached hydrogens (tertiary/aromatic N) is 1. The summed E-state index contributed by atoms with van der Waals surface area (Å²) in [6, 6.07) is 17.8. The van der Waals surface area contributed by atoms with E-state index in [0.717, 1.165) is 22.6 Å². The fourth-order valence-electron chi connectivity index (χ4n) is 2.81. The highest BCUT2D eigenvalue weighted by Crippen LogP contribution is 2.22. The Morgan fingerprint density at radius 3 is 2.61 bits per heavy atom. The van der Waals surface area contributed by atoms with Crippen molar-refractivity contribution in [1.29, 1.82) is 0 Å². The molecular weight excluding hydrogens is 310 g/mol. The van der Waals surface area contributed by atoms with E-state index in [4.69, 9.17) is 16.3 Å². The highest BCUT2D eigenvalue weighted by molar-refractivity contribution is 6.30. The van der Waals surface area contributed by atoms with Gasteiger partial charge in [0.15, 0.2) is 0 Å². The molecule has 0 N–H and O–H groups in total. The molecule has 1 saturated heterocycles. The maximum absolute atomic E-state index is 12.5. The number of aryl methyl sites for hydroxylation is 1. The molecule has 0 spiro atoms. The number of hydrogen-bond donors (Lipinski definition) is 0. The first-order chi connectivity index (χ1) is 11.2. The lowest BCUT2D eigenvalue weighted by atomic mass is 10.1. The van der Waals surface area contributed by atoms with E-state index >= 15 is 0 Å². The molecule has 0 aromatic heterocycles. The summed E-state index contributed by atoms with van der Waals surface area (Å²) in [7, 11) is 0. The maximum Gasteiger partial charge on any atom is 0.223 e. The molecule has 0 aliphatic carbocycles. The summed E-state index contributed by atoms with van der Waals surface area (Å²) in [4.78, 5) is 14.4. The first-order valence-electron chi connectivity index (χ1n) is 7.91. The van der Waals surface area contributed by atoms with Crippen LogP contribution in [0, 0.1) is 0 Å². The summed E-state index contributed by atoms with van der Waals surface area (Å²) in [6.07, 6.45) is 1.23. The Balaban J connectivity index is 1.55. The Hall–Kier alpha value is -1.84. The zero-order valence-corrected chi connectivity index (χ0v) is 13.7. The van der Waals surface area contributed by atoms with Crippen LogP contribution in [0.1, 0.15) is 23.7 Å². The molecule has 4 heteroatoms. The Morgan fingerprint density at radius 1 is 1.13 bits per heavy atom. The first kappa shape index (κ1) is 16.0. The summed E-state index contributed by atoms with van der Waals surface area (Å²) >= 11 is 5.88. The molecule has 1 fully saturated rings. The second-order valence-corrected chi connectivity index (χ2v) is 6.17. The van der Waals surface area contributed by atoms with E-state index in [-0.39, 0.29) is 12.0 Å². The molecular formula is C19H20ClNO2. The number of hydrogen-bond acceptors (Lipinski definition) is 2. The normalized spacial score (nSPS) is 18.0. The van der Waals surface area contributed by atoms with Gasteiger partial charge in [0, 0.05) is 18.0 Å². The molecule has 1 unspecified atom stereocenters. The van der Waals surface area contributed by atoms with E-state index in [0.29, 0.717) is 26.1 Å². The van der Waals surface area contributed by atoms with E-state index in [1.54, 1.807) is 0 Å². The van der Waals surface area contributed by atoms with Crippen LogP contribution in [0.15, 0.2) is 54.6 Å². The molecule has 1 heterocycles. The molecule has 1 aliphatic rings. The van der Waals surface area contributed by atoms with Gasteiger partial charge in [0.2, 0.25) is 5.91 Å². The molecule has 3 nitrogen and oxygen atoms in total. The van der Waals surface area contributed by atoms with Crippen molar-refractivity contribution in [2.24, 2.45) is 0 Å². The van der Waals surface area contributed by atoms with Crippen molar-refractivity contribution in [2.75, 3.05) is 19.7 Å². The van der Waals surface area contributed by atoms with E-state index in [1.165, 1.54) is 0 Å². The predicted octanol–water partition coefficient (Wildman–Crippen LogP) is 3.87. The third-order valence-electron chi connectivity index (χ3n) is 4.13. The quantitative estimate of drug-likeness (QED) is 0.852. The van der Waals surface area contributed by atoms with E-state index in [1.807, 2.05) is 59.5 Å². The van der Waals surface area contributed by atoms with Gasteiger partial charge < -0.3 is 9.64 Å². The summed E-state index contributed by atoms with van der Waals surface area (Å²) in [5, 5.41) is 0.721. The molecule has 1 aliphatic heterocycles. The molecule has 23 heavy (non-hydrogen) atoms. The molecule has 2 aromatic carbocycles. The average Bonchev–Trinajstić information content (AvgIpc) is 2.62. The number of ether oxygens (including phenoxy) is 1. The third kappa shape index (κ3) is 4.34. The number of rotatable bonds is 4. The minimum Gasteiger partial charge on any atom is -0.370 e. The van der Waals surface area contributed by atoms with Gasteiger partial charge in [-0.1, -0.05) is 54.1 Å². The number of halogens is 1. The summed E-state index contributed by atoms with van der Waals surface area (Å²) in [5.74, 6) is 0.184. The van der Waals surface area contributed by atoms with Crippen LogP contribution in [0.25, 0.3) is 0 Å². The van der Waals surface area contributed by atoms with Crippen LogP contribution in [0.3, 0.4) is 0 Å². The van der Waals surface area contributed by atoms with Crippen molar-refractivity contribution >= 4 is 17.5 Å². The van der Waals surface area contributed by atoms with Gasteiger partial charge in [-0.2, -0.15) is 0 Å². The average molecular weight is 330 g/mol. The van der Waals surface area contributed by atoms with Crippen LogP contribution >= 0.6 is 11.6 Å². The van der Waals surface area contributed by atoms with Gasteiger partial charge in [0.25, 0.3) is 0 Å². The van der Waals surface area contributed by atoms with Crippen LogP contribution in [0.2, 0.25) is 5.02 Å². The van der Waals surface area contributed by atoms with Crippen LogP contribution in [0.4, 0.5) is 0 Å². The van der Waals surface area contributed by atoms with Gasteiger partial charge in [-0.05, 0) is 29.7 Å². The van der Waals surface area contributed by atoms with Crippen molar-refractivity contribution < 1.29 is 9.53 Å². The second-order valence-electron chi connectivity index (χ2n) is 5.74. The zero-order valence-electron chi connectivity index (χ0n) is 13.0. The molecule has 2 aromatic rings. The lowest BCUT2D eigenvalue weighted by molar-refractivity contribution is -0.139. The van der Waals surface area contributed by atoms with Gasteiger partial charge in [0.1, 0.15) is 6.10 Å². The largest absolute Gasteiger partial charge is 0.370 e. The van der Waals surface area contributed by atoms with Crippen molar-refractivity contribution in [3.05, 3.63) is 70.7 Å². The van der Waals surface area contributed by atoms with Crippen molar-refractivity contribution in [3.63, 3.8) is 0 Å². The Bertz CT molecular complexity index is 642. The highest BCUT2D eigenvalue weighted by atomic mass is 35.5. The third-order valence-corrected chi connectivity index (χ3v) is 4.38. The second kappa shape index (κ2) is 7.62. The van der Waals surface area contributed by atoms with Gasteiger partial charge in [-0.15, -0.1) is 0 Å². The minimum atomic E-state index is -0.0237. The zero-order chi connectivity index (χ0) is 16.1. The number of morpholine rings is 1. The summed E-state index contributed by atoms with van der Waals surface area (Å²) in [5.41, 5.74) is 2.26. The summed E-state index contributed by atoms with van der Waals surface area (Å²) < 4.78 is 5.81. The van der Waals surface area contributed by atoms with E-state index in [9.17, 15) is 4.79 Å². The Kier molecular flexibility index (Phi) is 5.31. The van der Waals surface area contributed by atoms with E-state index in [2.05, 4.69) is 0 Å². The molecule has 0 radical (unpaired) electrons. The lowest BCUT2D eigenvalue weighted by Gasteiger charge is -2.33. The number of carbonyl (C=O) groups is 1. The molecule has 1 atom stereocenters. The van der Waals surface area contributed by atoms with E-state index < -0.39 is 0 Å². The van der Waals surface area contributed by atoms with Crippen molar-refractivity contribution in [2.45, 2.75) is 18.9 Å². The smallest absolute Gasteiger partial charge is 0.223 e. The van der Waals surface area contributed by atoms with Crippen LogP contribution in [-0.2, 0) is 16.0 Å². The Morgan fingerprint density at radius 2 is 1.87 bits per heavy atom. The number of carbonyl (C=O) groups excluding carboxylic acids is 1. The highest BCUT2D eigenvalue weighted by Gasteiger charge is 2.24. The fourth-order valence-corrected chi connectivity index (χ4v) is 2.93. The van der Waals surface area contributed by atoms with Crippen LogP contribution in [0.5, 0.6) is 0 Å². The van der Waals surface area contributed by atoms with Gasteiger partial charge in [0.05, 0.1) is 13.2 Å². The van der Waals surface area contributed by atoms with Crippen molar-refractivity contribution in [1.82, 2.24) is 4.90 Å². The lowest BCUT2D eigenvalue weighted by Crippen LogP contribution is -2.42. The molecule has 120 valence electrons. The van der Waals surface area contributed by atoms with Gasteiger partial charge in [-0.3, -0.25) is 4.79 Å². The number of amides is 1. The monoisotopic (exact) mass is 329 g/mol. The first-order valence-corrected chi connectivity index (χ1v) is 8.29. The predicted molar refractivity (Wildman–Crippen MR) is 91.5 cm³/mol. The van der Waals surface area contributed by atoms with Crippen LogP contribution < -0.4 is 0 Å². The molecule has 0 bridgehead atoms. The molecule has 3 rings (SSSR count). The topological polar surface area (TPSA) is 29.5 Å². The maximum atomic E-state index is 12.5. The Labute approximate surface area is 141 Å². The van der Waals surface area contributed by atoms with Crippen molar-refractivity contribution in [3.8, 4) is 0 Å².